The maximum Gasteiger partial charge on any atom is 0.248 e. The Bertz CT molecular complexity index is 1050. The molecule has 7 heteroatoms. The molecule has 0 bridgehead atoms. The van der Waals surface area contributed by atoms with Crippen molar-refractivity contribution in [2.45, 2.75) is 11.7 Å². The van der Waals surface area contributed by atoms with Crippen molar-refractivity contribution in [3.8, 4) is 22.8 Å². The predicted molar refractivity (Wildman–Crippen MR) is 116 cm³/mol. The third-order valence-corrected chi connectivity index (χ3v) is 5.57. The van der Waals surface area contributed by atoms with E-state index in [1.807, 2.05) is 48.7 Å². The summed E-state index contributed by atoms with van der Waals surface area (Å²) in [6, 6.07) is 13.2. The zero-order valence-electron chi connectivity index (χ0n) is 16.2. The molecule has 0 spiro atoms. The van der Waals surface area contributed by atoms with Gasteiger partial charge in [0.25, 0.3) is 0 Å². The van der Waals surface area contributed by atoms with Crippen molar-refractivity contribution >= 4 is 29.4 Å². The largest absolute Gasteiger partial charge is 0.493 e. The average molecular weight is 407 g/mol. The van der Waals surface area contributed by atoms with Gasteiger partial charge in [-0.05, 0) is 29.8 Å². The topological polar surface area (TPSA) is 65.4 Å². The molecule has 1 amide bonds. The second-order valence-electron chi connectivity index (χ2n) is 6.43. The van der Waals surface area contributed by atoms with Crippen molar-refractivity contribution < 1.29 is 14.3 Å². The van der Waals surface area contributed by atoms with Crippen molar-refractivity contribution in [1.82, 2.24) is 9.55 Å². The lowest BCUT2D eigenvalue weighted by Gasteiger charge is -2.09. The van der Waals surface area contributed by atoms with E-state index < -0.39 is 0 Å². The number of aryl methyl sites for hydroxylation is 1. The van der Waals surface area contributed by atoms with Gasteiger partial charge in [0.2, 0.25) is 5.91 Å². The smallest absolute Gasteiger partial charge is 0.248 e. The normalized spacial score (nSPS) is 12.8. The average Bonchev–Trinajstić information content (AvgIpc) is 3.34. The highest BCUT2D eigenvalue weighted by Gasteiger charge is 2.17. The van der Waals surface area contributed by atoms with Crippen LogP contribution in [0.15, 0.2) is 59.9 Å². The lowest BCUT2D eigenvalue weighted by molar-refractivity contribution is -0.111. The van der Waals surface area contributed by atoms with Gasteiger partial charge in [-0.3, -0.25) is 4.79 Å². The van der Waals surface area contributed by atoms with Gasteiger partial charge in [0.05, 0.1) is 25.6 Å². The van der Waals surface area contributed by atoms with E-state index in [1.165, 1.54) is 6.08 Å². The Balaban J connectivity index is 1.51. The predicted octanol–water partition coefficient (Wildman–Crippen LogP) is 4.32. The molecule has 0 saturated carbocycles. The minimum atomic E-state index is -0.214. The summed E-state index contributed by atoms with van der Waals surface area (Å²) in [5.74, 6) is 2.11. The van der Waals surface area contributed by atoms with E-state index in [9.17, 15) is 4.79 Å². The molecule has 148 valence electrons. The third kappa shape index (κ3) is 4.14. The number of methoxy groups -OCH3 is 2. The van der Waals surface area contributed by atoms with E-state index in [-0.39, 0.29) is 5.91 Å². The first-order valence-corrected chi connectivity index (χ1v) is 10.2. The maximum atomic E-state index is 12.5. The SMILES string of the molecule is COc1ccc(/C=C/C(=O)Nc2ccccc2-c2cn3c(n2)SCC3)cc1OC. The van der Waals surface area contributed by atoms with Crippen molar-refractivity contribution in [2.24, 2.45) is 0 Å². The first-order chi connectivity index (χ1) is 14.2. The van der Waals surface area contributed by atoms with Crippen molar-refractivity contribution in [3.63, 3.8) is 0 Å². The summed E-state index contributed by atoms with van der Waals surface area (Å²) in [5, 5.41) is 3.98. The van der Waals surface area contributed by atoms with Crippen LogP contribution in [0.2, 0.25) is 0 Å². The second kappa shape index (κ2) is 8.45. The van der Waals surface area contributed by atoms with Gasteiger partial charge in [-0.15, -0.1) is 0 Å². The van der Waals surface area contributed by atoms with Crippen LogP contribution in [-0.4, -0.2) is 35.4 Å². The molecule has 1 aliphatic rings. The molecule has 0 aliphatic carbocycles. The van der Waals surface area contributed by atoms with Gasteiger partial charge in [-0.25, -0.2) is 4.98 Å². The number of hydrogen-bond acceptors (Lipinski definition) is 5. The van der Waals surface area contributed by atoms with Gasteiger partial charge in [0, 0.05) is 30.1 Å². The molecule has 29 heavy (non-hydrogen) atoms. The summed E-state index contributed by atoms with van der Waals surface area (Å²) in [6.07, 6.45) is 5.28. The Morgan fingerprint density at radius 2 is 2.00 bits per heavy atom. The monoisotopic (exact) mass is 407 g/mol. The van der Waals surface area contributed by atoms with Gasteiger partial charge < -0.3 is 19.4 Å². The van der Waals surface area contributed by atoms with Crippen LogP contribution in [0.25, 0.3) is 17.3 Å². The number of nitrogens with zero attached hydrogens (tertiary/aromatic N) is 2. The molecule has 2 heterocycles. The zero-order chi connectivity index (χ0) is 20.2. The van der Waals surface area contributed by atoms with E-state index >= 15 is 0 Å². The van der Waals surface area contributed by atoms with Crippen molar-refractivity contribution in [2.75, 3.05) is 25.3 Å². The number of ether oxygens (including phenoxy) is 2. The number of carbonyl (C=O) groups is 1. The van der Waals surface area contributed by atoms with Crippen molar-refractivity contribution in [1.29, 1.82) is 0 Å². The molecular formula is C22H21N3O3S. The number of thioether (sulfide) groups is 1. The van der Waals surface area contributed by atoms with Crippen LogP contribution >= 0.6 is 11.8 Å². The van der Waals surface area contributed by atoms with E-state index in [1.54, 1.807) is 32.1 Å². The molecule has 6 nitrogen and oxygen atoms in total. The van der Waals surface area contributed by atoms with E-state index in [4.69, 9.17) is 9.47 Å². The summed E-state index contributed by atoms with van der Waals surface area (Å²) in [4.78, 5) is 17.2. The standard InChI is InChI=1S/C22H21N3O3S/c1-27-19-9-7-15(13-20(19)28-2)8-10-21(26)23-17-6-4-3-5-16(17)18-14-25-11-12-29-22(25)24-18/h3-10,13-14H,11-12H2,1-2H3,(H,23,26)/b10-8+. The van der Waals surface area contributed by atoms with Gasteiger partial charge in [-0.2, -0.15) is 0 Å². The molecule has 3 aromatic rings. The van der Waals surface area contributed by atoms with Crippen LogP contribution in [0.3, 0.4) is 0 Å². The van der Waals surface area contributed by atoms with E-state index in [2.05, 4.69) is 14.9 Å². The molecule has 0 fully saturated rings. The molecule has 1 aromatic heterocycles. The first-order valence-electron chi connectivity index (χ1n) is 9.18. The highest BCUT2D eigenvalue weighted by atomic mass is 32.2. The lowest BCUT2D eigenvalue weighted by atomic mass is 10.1. The van der Waals surface area contributed by atoms with Gasteiger partial charge in [0.15, 0.2) is 16.7 Å². The molecule has 4 rings (SSSR count). The third-order valence-electron chi connectivity index (χ3n) is 4.60. The fourth-order valence-electron chi connectivity index (χ4n) is 3.16. The minimum absolute atomic E-state index is 0.214. The van der Waals surface area contributed by atoms with Gasteiger partial charge in [0.1, 0.15) is 0 Å². The fourth-order valence-corrected chi connectivity index (χ4v) is 4.10. The summed E-state index contributed by atoms with van der Waals surface area (Å²) < 4.78 is 12.7. The molecule has 0 atom stereocenters. The Morgan fingerprint density at radius 1 is 1.17 bits per heavy atom. The molecule has 0 radical (unpaired) electrons. The van der Waals surface area contributed by atoms with E-state index in [0.717, 1.165) is 40.0 Å². The van der Waals surface area contributed by atoms with E-state index in [0.29, 0.717) is 11.5 Å². The van der Waals surface area contributed by atoms with Gasteiger partial charge >= 0.3 is 0 Å². The number of hydrogen-bond donors (Lipinski definition) is 1. The summed E-state index contributed by atoms with van der Waals surface area (Å²) in [6.45, 7) is 0.968. The fraction of sp³-hybridized carbons (Fsp3) is 0.182. The summed E-state index contributed by atoms with van der Waals surface area (Å²) in [5.41, 5.74) is 3.35. The quantitative estimate of drug-likeness (QED) is 0.617. The Morgan fingerprint density at radius 3 is 2.79 bits per heavy atom. The Hall–Kier alpha value is -3.19. The number of amides is 1. The van der Waals surface area contributed by atoms with Crippen LogP contribution < -0.4 is 14.8 Å². The zero-order valence-corrected chi connectivity index (χ0v) is 17.0. The summed E-state index contributed by atoms with van der Waals surface area (Å²) >= 11 is 1.75. The molecule has 1 aliphatic heterocycles. The maximum absolute atomic E-state index is 12.5. The number of carbonyl (C=O) groups excluding carboxylic acids is 1. The number of para-hydroxylation sites is 1. The van der Waals surface area contributed by atoms with Crippen molar-refractivity contribution in [3.05, 3.63) is 60.3 Å². The Labute approximate surface area is 173 Å². The number of rotatable bonds is 6. The van der Waals surface area contributed by atoms with Crippen LogP contribution in [0.5, 0.6) is 11.5 Å². The van der Waals surface area contributed by atoms with Crippen LogP contribution in [0.4, 0.5) is 5.69 Å². The number of nitrogens with one attached hydrogen (secondary N) is 1. The van der Waals surface area contributed by atoms with Gasteiger partial charge in [-0.1, -0.05) is 36.0 Å². The minimum Gasteiger partial charge on any atom is -0.493 e. The summed E-state index contributed by atoms with van der Waals surface area (Å²) in [7, 11) is 3.17. The second-order valence-corrected chi connectivity index (χ2v) is 7.50. The number of imidazole rings is 1. The molecule has 0 unspecified atom stereocenters. The van der Waals surface area contributed by atoms with Crippen LogP contribution in [0, 0.1) is 0 Å². The Kier molecular flexibility index (Phi) is 5.57. The highest BCUT2D eigenvalue weighted by molar-refractivity contribution is 7.99. The number of anilines is 1. The number of aromatic nitrogens is 2. The highest BCUT2D eigenvalue weighted by Crippen LogP contribution is 2.32. The number of fused-ring (bicyclic) bond motifs is 1. The number of benzene rings is 2. The molecular weight excluding hydrogens is 386 g/mol. The molecule has 2 aromatic carbocycles. The molecule has 1 N–H and O–H groups in total. The lowest BCUT2D eigenvalue weighted by Crippen LogP contribution is -2.08. The molecule has 0 saturated heterocycles. The van der Waals surface area contributed by atoms with Crippen LogP contribution in [0.1, 0.15) is 5.56 Å². The van der Waals surface area contributed by atoms with Crippen LogP contribution in [-0.2, 0) is 11.3 Å². The first kappa shape index (κ1) is 19.1.